The van der Waals surface area contributed by atoms with Crippen molar-refractivity contribution < 1.29 is 19.8 Å². The van der Waals surface area contributed by atoms with Crippen molar-refractivity contribution in [2.24, 2.45) is 5.92 Å². The Kier molecular flexibility index (Phi) is 8.96. The second-order valence-electron chi connectivity index (χ2n) is 8.67. The Bertz CT molecular complexity index is 851. The quantitative estimate of drug-likeness (QED) is 0.605. The predicted molar refractivity (Wildman–Crippen MR) is 126 cm³/mol. The van der Waals surface area contributed by atoms with E-state index in [1.54, 1.807) is 34.1 Å². The van der Waals surface area contributed by atoms with Crippen molar-refractivity contribution in [2.75, 3.05) is 45.8 Å². The van der Waals surface area contributed by atoms with Crippen LogP contribution < -0.4 is 0 Å². The summed E-state index contributed by atoms with van der Waals surface area (Å²) in [4.78, 5) is 30.4. The molecule has 2 aliphatic heterocycles. The van der Waals surface area contributed by atoms with Crippen molar-refractivity contribution in [3.63, 3.8) is 0 Å². The standard InChI is InChI=1S/C23H31Cl2N3O4/c1-16-6-8-26(15-21(16)30)13-18(29)14-28-11-10-27(9-7-23(28)32)22(31)5-3-17-2-4-19(24)20(25)12-17/h2-5,12,16,18,21,29-30H,6-11,13-15H2,1H3/b5-3+. The third-order valence-corrected chi connectivity index (χ3v) is 6.90. The van der Waals surface area contributed by atoms with Crippen LogP contribution in [0.5, 0.6) is 0 Å². The highest BCUT2D eigenvalue weighted by atomic mass is 35.5. The molecule has 0 radical (unpaired) electrons. The van der Waals surface area contributed by atoms with Crippen molar-refractivity contribution in [1.29, 1.82) is 0 Å². The number of carbonyl (C=O) groups excluding carboxylic acids is 2. The number of aliphatic hydroxyl groups is 2. The maximum atomic E-state index is 12.6. The molecule has 2 fully saturated rings. The van der Waals surface area contributed by atoms with E-state index in [0.717, 1.165) is 18.5 Å². The molecule has 176 valence electrons. The smallest absolute Gasteiger partial charge is 0.246 e. The van der Waals surface area contributed by atoms with E-state index in [-0.39, 0.29) is 36.8 Å². The fourth-order valence-corrected chi connectivity index (χ4v) is 4.37. The van der Waals surface area contributed by atoms with Gasteiger partial charge in [0.25, 0.3) is 0 Å². The first-order chi connectivity index (χ1) is 15.2. The van der Waals surface area contributed by atoms with Gasteiger partial charge in [0.1, 0.15) is 0 Å². The predicted octanol–water partition coefficient (Wildman–Crippen LogP) is 2.13. The van der Waals surface area contributed by atoms with Crippen LogP contribution >= 0.6 is 23.2 Å². The Balaban J connectivity index is 1.50. The molecule has 1 aromatic rings. The first kappa shape index (κ1) is 25.0. The Morgan fingerprint density at radius 1 is 1.19 bits per heavy atom. The molecule has 2 amide bonds. The summed E-state index contributed by atoms with van der Waals surface area (Å²) in [5, 5.41) is 21.4. The number of hydrogen-bond donors (Lipinski definition) is 2. The molecular weight excluding hydrogens is 453 g/mol. The lowest BCUT2D eigenvalue weighted by molar-refractivity contribution is -0.132. The van der Waals surface area contributed by atoms with Gasteiger partial charge in [0.2, 0.25) is 11.8 Å². The van der Waals surface area contributed by atoms with Gasteiger partial charge in [-0.2, -0.15) is 0 Å². The molecular formula is C23H31Cl2N3O4. The van der Waals surface area contributed by atoms with Gasteiger partial charge in [-0.05, 0) is 42.7 Å². The average molecular weight is 484 g/mol. The third kappa shape index (κ3) is 6.93. The zero-order valence-electron chi connectivity index (χ0n) is 18.3. The molecule has 0 aromatic heterocycles. The summed E-state index contributed by atoms with van der Waals surface area (Å²) >= 11 is 11.9. The monoisotopic (exact) mass is 483 g/mol. The van der Waals surface area contributed by atoms with E-state index >= 15 is 0 Å². The zero-order valence-corrected chi connectivity index (χ0v) is 19.8. The van der Waals surface area contributed by atoms with Crippen LogP contribution in [0.1, 0.15) is 25.3 Å². The molecule has 3 rings (SSSR count). The van der Waals surface area contributed by atoms with Crippen LogP contribution in [0.15, 0.2) is 24.3 Å². The number of nitrogens with zero attached hydrogens (tertiary/aromatic N) is 3. The molecule has 0 bridgehead atoms. The Morgan fingerprint density at radius 2 is 1.97 bits per heavy atom. The van der Waals surface area contributed by atoms with E-state index in [1.165, 1.54) is 6.08 Å². The molecule has 2 heterocycles. The first-order valence-electron chi connectivity index (χ1n) is 11.0. The highest BCUT2D eigenvalue weighted by Gasteiger charge is 2.28. The third-order valence-electron chi connectivity index (χ3n) is 6.16. The summed E-state index contributed by atoms with van der Waals surface area (Å²) in [7, 11) is 0. The Morgan fingerprint density at radius 3 is 2.69 bits per heavy atom. The molecule has 2 N–H and O–H groups in total. The van der Waals surface area contributed by atoms with Crippen LogP contribution in [0.3, 0.4) is 0 Å². The second kappa shape index (κ2) is 11.5. The van der Waals surface area contributed by atoms with Gasteiger partial charge < -0.3 is 20.0 Å². The van der Waals surface area contributed by atoms with E-state index in [0.29, 0.717) is 42.8 Å². The van der Waals surface area contributed by atoms with E-state index in [4.69, 9.17) is 23.2 Å². The minimum Gasteiger partial charge on any atom is -0.392 e. The molecule has 0 saturated carbocycles. The van der Waals surface area contributed by atoms with E-state index in [1.807, 2.05) is 11.8 Å². The molecule has 0 aliphatic carbocycles. The summed E-state index contributed by atoms with van der Waals surface area (Å²) in [5.41, 5.74) is 0.764. The summed E-state index contributed by atoms with van der Waals surface area (Å²) in [6.45, 7) is 5.17. The van der Waals surface area contributed by atoms with Crippen molar-refractivity contribution in [2.45, 2.75) is 32.0 Å². The van der Waals surface area contributed by atoms with E-state index < -0.39 is 6.10 Å². The fraction of sp³-hybridized carbons (Fsp3) is 0.565. The number of aliphatic hydroxyl groups excluding tert-OH is 2. The summed E-state index contributed by atoms with van der Waals surface area (Å²) in [6.07, 6.45) is 3.18. The largest absolute Gasteiger partial charge is 0.392 e. The molecule has 2 aliphatic rings. The van der Waals surface area contributed by atoms with Crippen LogP contribution in [-0.2, 0) is 9.59 Å². The van der Waals surface area contributed by atoms with Gasteiger partial charge in [-0.1, -0.05) is 36.2 Å². The summed E-state index contributed by atoms with van der Waals surface area (Å²) < 4.78 is 0. The molecule has 7 nitrogen and oxygen atoms in total. The number of carbonyl (C=O) groups is 2. The lowest BCUT2D eigenvalue weighted by Gasteiger charge is -2.36. The number of β-amino-alcohol motifs (C(OH)–C–C–N with tert-alkyl or cyclic N) is 2. The van der Waals surface area contributed by atoms with E-state index in [9.17, 15) is 19.8 Å². The van der Waals surface area contributed by atoms with Crippen LogP contribution in [0.25, 0.3) is 6.08 Å². The van der Waals surface area contributed by atoms with Crippen molar-refractivity contribution in [3.8, 4) is 0 Å². The van der Waals surface area contributed by atoms with Crippen LogP contribution in [-0.4, -0.2) is 94.7 Å². The SMILES string of the molecule is CC1CCN(CC(O)CN2CCN(C(=O)/C=C/c3ccc(Cl)c(Cl)c3)CCC2=O)CC1O. The van der Waals surface area contributed by atoms with Gasteiger partial charge in [0.15, 0.2) is 0 Å². The highest BCUT2D eigenvalue weighted by Crippen LogP contribution is 2.23. The number of benzene rings is 1. The van der Waals surface area contributed by atoms with Gasteiger partial charge in [0, 0.05) is 51.8 Å². The number of piperidine rings is 1. The van der Waals surface area contributed by atoms with Crippen LogP contribution in [0, 0.1) is 5.92 Å². The molecule has 3 atom stereocenters. The van der Waals surface area contributed by atoms with Gasteiger partial charge in [0.05, 0.1) is 22.3 Å². The van der Waals surface area contributed by atoms with E-state index in [2.05, 4.69) is 0 Å². The maximum Gasteiger partial charge on any atom is 0.246 e. The lowest BCUT2D eigenvalue weighted by Crippen LogP contribution is -2.48. The number of hydrogen-bond acceptors (Lipinski definition) is 5. The molecule has 3 unspecified atom stereocenters. The topological polar surface area (TPSA) is 84.3 Å². The zero-order chi connectivity index (χ0) is 23.3. The van der Waals surface area contributed by atoms with Crippen molar-refractivity contribution in [3.05, 3.63) is 39.9 Å². The minimum atomic E-state index is -0.698. The normalized spacial score (nSPS) is 24.1. The number of amides is 2. The Labute approximate surface area is 199 Å². The number of rotatable bonds is 6. The highest BCUT2D eigenvalue weighted by molar-refractivity contribution is 6.42. The maximum absolute atomic E-state index is 12.6. The minimum absolute atomic E-state index is 0.0693. The molecule has 1 aromatic carbocycles. The van der Waals surface area contributed by atoms with Crippen molar-refractivity contribution >= 4 is 41.1 Å². The number of likely N-dealkylation sites (tertiary alicyclic amines) is 1. The summed E-state index contributed by atoms with van der Waals surface area (Å²) in [6, 6.07) is 5.13. The molecule has 32 heavy (non-hydrogen) atoms. The molecule has 9 heteroatoms. The van der Waals surface area contributed by atoms with Gasteiger partial charge in [-0.25, -0.2) is 0 Å². The average Bonchev–Trinajstić information content (AvgIpc) is 2.93. The van der Waals surface area contributed by atoms with Gasteiger partial charge in [-0.3, -0.25) is 14.5 Å². The van der Waals surface area contributed by atoms with Crippen LogP contribution in [0.4, 0.5) is 0 Å². The van der Waals surface area contributed by atoms with Gasteiger partial charge >= 0.3 is 0 Å². The lowest BCUT2D eigenvalue weighted by atomic mass is 9.96. The second-order valence-corrected chi connectivity index (χ2v) is 9.48. The Hall–Kier alpha value is -1.64. The van der Waals surface area contributed by atoms with Gasteiger partial charge in [-0.15, -0.1) is 0 Å². The molecule has 0 spiro atoms. The first-order valence-corrected chi connectivity index (χ1v) is 11.8. The number of halogens is 2. The van der Waals surface area contributed by atoms with Crippen LogP contribution in [0.2, 0.25) is 10.0 Å². The fourth-order valence-electron chi connectivity index (χ4n) is 4.06. The molecule has 2 saturated heterocycles. The summed E-state index contributed by atoms with van der Waals surface area (Å²) in [5.74, 6) is 0.0210. The van der Waals surface area contributed by atoms with Crippen molar-refractivity contribution in [1.82, 2.24) is 14.7 Å².